The van der Waals surface area contributed by atoms with Crippen LogP contribution in [0.3, 0.4) is 0 Å². The van der Waals surface area contributed by atoms with Crippen LogP contribution in [-0.2, 0) is 4.74 Å². The molecule has 0 aromatic heterocycles. The lowest BCUT2D eigenvalue weighted by Gasteiger charge is -2.07. The van der Waals surface area contributed by atoms with Gasteiger partial charge in [-0.1, -0.05) is 13.8 Å². The highest BCUT2D eigenvalue weighted by Gasteiger charge is 1.91. The molecule has 0 saturated heterocycles. The zero-order chi connectivity index (χ0) is 9.94. The summed E-state index contributed by atoms with van der Waals surface area (Å²) in [7, 11) is 1.74. The van der Waals surface area contributed by atoms with E-state index in [1.54, 1.807) is 7.11 Å². The summed E-state index contributed by atoms with van der Waals surface area (Å²) >= 11 is 0. The van der Waals surface area contributed by atoms with E-state index in [9.17, 15) is 0 Å². The van der Waals surface area contributed by atoms with Crippen LogP contribution in [0.4, 0.5) is 0 Å². The van der Waals surface area contributed by atoms with E-state index in [0.717, 1.165) is 45.1 Å². The van der Waals surface area contributed by atoms with E-state index in [4.69, 9.17) is 4.74 Å². The molecule has 2 N–H and O–H groups in total. The van der Waals surface area contributed by atoms with Gasteiger partial charge in [0.2, 0.25) is 0 Å². The first kappa shape index (κ1) is 12.9. The van der Waals surface area contributed by atoms with Crippen LogP contribution in [0.25, 0.3) is 0 Å². The second-order valence-corrected chi connectivity index (χ2v) is 3.69. The quantitative estimate of drug-likeness (QED) is 0.527. The molecule has 3 nitrogen and oxygen atoms in total. The van der Waals surface area contributed by atoms with E-state index in [2.05, 4.69) is 24.5 Å². The first-order valence-electron chi connectivity index (χ1n) is 5.17. The lowest BCUT2D eigenvalue weighted by atomic mass is 10.2. The van der Waals surface area contributed by atoms with Crippen LogP contribution >= 0.6 is 0 Å². The van der Waals surface area contributed by atoms with Gasteiger partial charge in [0.1, 0.15) is 0 Å². The van der Waals surface area contributed by atoms with Gasteiger partial charge in [-0.05, 0) is 25.4 Å². The predicted molar refractivity (Wildman–Crippen MR) is 57.1 cm³/mol. The summed E-state index contributed by atoms with van der Waals surface area (Å²) in [5.41, 5.74) is 0. The van der Waals surface area contributed by atoms with Gasteiger partial charge in [-0.15, -0.1) is 0 Å². The number of ether oxygens (including phenoxy) is 1. The van der Waals surface area contributed by atoms with E-state index in [-0.39, 0.29) is 0 Å². The van der Waals surface area contributed by atoms with Crippen molar-refractivity contribution in [2.75, 3.05) is 39.9 Å². The molecule has 0 aromatic rings. The van der Waals surface area contributed by atoms with Crippen LogP contribution in [-0.4, -0.2) is 39.9 Å². The zero-order valence-corrected chi connectivity index (χ0v) is 9.23. The van der Waals surface area contributed by atoms with Crippen molar-refractivity contribution in [2.45, 2.75) is 20.3 Å². The molecule has 0 aliphatic rings. The number of hydrogen-bond acceptors (Lipinski definition) is 3. The van der Waals surface area contributed by atoms with Crippen molar-refractivity contribution >= 4 is 0 Å². The molecule has 0 rings (SSSR count). The smallest absolute Gasteiger partial charge is 0.0474 e. The normalized spacial score (nSPS) is 11.1. The molecule has 0 unspecified atom stereocenters. The molecular weight excluding hydrogens is 164 g/mol. The Morgan fingerprint density at radius 3 is 2.38 bits per heavy atom. The molecule has 0 aliphatic heterocycles. The molecule has 0 radical (unpaired) electrons. The van der Waals surface area contributed by atoms with Crippen LogP contribution in [0.5, 0.6) is 0 Å². The average molecular weight is 188 g/mol. The molecule has 0 fully saturated rings. The summed E-state index contributed by atoms with van der Waals surface area (Å²) in [5.74, 6) is 0.744. The van der Waals surface area contributed by atoms with Crippen LogP contribution in [0, 0.1) is 5.92 Å². The maximum atomic E-state index is 4.95. The van der Waals surface area contributed by atoms with E-state index < -0.39 is 0 Å². The van der Waals surface area contributed by atoms with Crippen molar-refractivity contribution in [1.29, 1.82) is 0 Å². The summed E-state index contributed by atoms with van der Waals surface area (Å²) in [6.45, 7) is 9.57. The second kappa shape index (κ2) is 9.96. The standard InChI is InChI=1S/C10H24N2O/c1-10(2)9-12-7-6-11-5-4-8-13-3/h10-12H,4-9H2,1-3H3. The van der Waals surface area contributed by atoms with Gasteiger partial charge in [0.15, 0.2) is 0 Å². The first-order chi connectivity index (χ1) is 6.27. The molecule has 0 bridgehead atoms. The largest absolute Gasteiger partial charge is 0.385 e. The van der Waals surface area contributed by atoms with Gasteiger partial charge >= 0.3 is 0 Å². The summed E-state index contributed by atoms with van der Waals surface area (Å²) in [4.78, 5) is 0. The Morgan fingerprint density at radius 1 is 1.08 bits per heavy atom. The van der Waals surface area contributed by atoms with Crippen molar-refractivity contribution < 1.29 is 4.74 Å². The van der Waals surface area contributed by atoms with E-state index in [0.29, 0.717) is 0 Å². The number of hydrogen-bond donors (Lipinski definition) is 2. The Hall–Kier alpha value is -0.120. The molecule has 0 saturated carbocycles. The molecule has 0 atom stereocenters. The first-order valence-corrected chi connectivity index (χ1v) is 5.17. The maximum absolute atomic E-state index is 4.95. The van der Waals surface area contributed by atoms with Gasteiger partial charge in [-0.2, -0.15) is 0 Å². The molecule has 0 aromatic carbocycles. The Bertz CT molecular complexity index is 96.9. The number of methoxy groups -OCH3 is 1. The van der Waals surface area contributed by atoms with Gasteiger partial charge in [0.05, 0.1) is 0 Å². The fraction of sp³-hybridized carbons (Fsp3) is 1.00. The fourth-order valence-electron chi connectivity index (χ4n) is 1.03. The van der Waals surface area contributed by atoms with Crippen molar-refractivity contribution in [3.63, 3.8) is 0 Å². The van der Waals surface area contributed by atoms with Crippen LogP contribution in [0.2, 0.25) is 0 Å². The Morgan fingerprint density at radius 2 is 1.77 bits per heavy atom. The topological polar surface area (TPSA) is 33.3 Å². The van der Waals surface area contributed by atoms with Crippen molar-refractivity contribution in [1.82, 2.24) is 10.6 Å². The zero-order valence-electron chi connectivity index (χ0n) is 9.23. The Labute approximate surface area is 82.2 Å². The monoisotopic (exact) mass is 188 g/mol. The SMILES string of the molecule is COCCCNCCNCC(C)C. The summed E-state index contributed by atoms with van der Waals surface area (Å²) in [6, 6.07) is 0. The highest BCUT2D eigenvalue weighted by molar-refractivity contribution is 4.54. The minimum absolute atomic E-state index is 0.744. The fourth-order valence-corrected chi connectivity index (χ4v) is 1.03. The average Bonchev–Trinajstić information content (AvgIpc) is 2.09. The minimum atomic E-state index is 0.744. The van der Waals surface area contributed by atoms with Crippen molar-refractivity contribution in [2.24, 2.45) is 5.92 Å². The third-order valence-electron chi connectivity index (χ3n) is 1.73. The van der Waals surface area contributed by atoms with Gasteiger partial charge in [0, 0.05) is 26.8 Å². The summed E-state index contributed by atoms with van der Waals surface area (Å²) in [6.07, 6.45) is 1.10. The molecule has 13 heavy (non-hydrogen) atoms. The molecular formula is C10H24N2O. The number of rotatable bonds is 9. The number of nitrogens with one attached hydrogen (secondary N) is 2. The van der Waals surface area contributed by atoms with Gasteiger partial charge in [-0.25, -0.2) is 0 Å². The van der Waals surface area contributed by atoms with Gasteiger partial charge in [-0.3, -0.25) is 0 Å². The maximum Gasteiger partial charge on any atom is 0.0474 e. The third kappa shape index (κ3) is 11.9. The van der Waals surface area contributed by atoms with Crippen LogP contribution in [0.1, 0.15) is 20.3 Å². The minimum Gasteiger partial charge on any atom is -0.385 e. The summed E-state index contributed by atoms with van der Waals surface area (Å²) < 4.78 is 4.95. The second-order valence-electron chi connectivity index (χ2n) is 3.69. The van der Waals surface area contributed by atoms with Crippen LogP contribution in [0.15, 0.2) is 0 Å². The molecule has 0 aliphatic carbocycles. The van der Waals surface area contributed by atoms with Crippen molar-refractivity contribution in [3.05, 3.63) is 0 Å². The molecule has 0 heterocycles. The highest BCUT2D eigenvalue weighted by Crippen LogP contribution is 1.85. The highest BCUT2D eigenvalue weighted by atomic mass is 16.5. The molecule has 0 spiro atoms. The van der Waals surface area contributed by atoms with E-state index >= 15 is 0 Å². The lowest BCUT2D eigenvalue weighted by molar-refractivity contribution is 0.194. The Kier molecular flexibility index (Phi) is 9.87. The van der Waals surface area contributed by atoms with Gasteiger partial charge < -0.3 is 15.4 Å². The summed E-state index contributed by atoms with van der Waals surface area (Å²) in [5, 5.41) is 6.73. The van der Waals surface area contributed by atoms with E-state index in [1.807, 2.05) is 0 Å². The lowest BCUT2D eigenvalue weighted by Crippen LogP contribution is -2.30. The molecule has 0 amide bonds. The predicted octanol–water partition coefficient (Wildman–Crippen LogP) is 0.858. The van der Waals surface area contributed by atoms with E-state index in [1.165, 1.54) is 0 Å². The third-order valence-corrected chi connectivity index (χ3v) is 1.73. The van der Waals surface area contributed by atoms with Gasteiger partial charge in [0.25, 0.3) is 0 Å². The Balaban J connectivity index is 2.84. The molecule has 80 valence electrons. The molecule has 3 heteroatoms. The van der Waals surface area contributed by atoms with Crippen LogP contribution < -0.4 is 10.6 Å². The van der Waals surface area contributed by atoms with Crippen molar-refractivity contribution in [3.8, 4) is 0 Å².